The molecule has 2 amide bonds. The van der Waals surface area contributed by atoms with Crippen LogP contribution in [0.3, 0.4) is 0 Å². The predicted molar refractivity (Wildman–Crippen MR) is 104 cm³/mol. The molecule has 0 atom stereocenters. The molecule has 2 rings (SSSR count). The third-order valence-corrected chi connectivity index (χ3v) is 4.46. The summed E-state index contributed by atoms with van der Waals surface area (Å²) < 4.78 is 5.31. The summed E-state index contributed by atoms with van der Waals surface area (Å²) in [5.41, 5.74) is 1.25. The van der Waals surface area contributed by atoms with Crippen LogP contribution in [0.1, 0.15) is 18.9 Å². The van der Waals surface area contributed by atoms with Crippen molar-refractivity contribution in [2.45, 2.75) is 19.9 Å². The Kier molecular flexibility index (Phi) is 7.30. The first kappa shape index (κ1) is 20.1. The standard InChI is InChI=1S/C19H20Cl2N2O3/c1-13(24)23(12-14-6-3-4-9-17(14)26-2)11-10-18(25)22-19-15(20)7-5-8-16(19)21/h3-9H,10-12H2,1-2H3,(H,22,25). The average Bonchev–Trinajstić information content (AvgIpc) is 2.62. The summed E-state index contributed by atoms with van der Waals surface area (Å²) >= 11 is 12.1. The number of anilines is 1. The van der Waals surface area contributed by atoms with E-state index in [9.17, 15) is 9.59 Å². The Bertz CT molecular complexity index is 776. The van der Waals surface area contributed by atoms with E-state index in [1.165, 1.54) is 6.92 Å². The lowest BCUT2D eigenvalue weighted by molar-refractivity contribution is -0.129. The van der Waals surface area contributed by atoms with Gasteiger partial charge in [-0.3, -0.25) is 9.59 Å². The van der Waals surface area contributed by atoms with Gasteiger partial charge in [0, 0.05) is 32.0 Å². The third-order valence-electron chi connectivity index (χ3n) is 3.84. The summed E-state index contributed by atoms with van der Waals surface area (Å²) in [6, 6.07) is 12.5. The van der Waals surface area contributed by atoms with Gasteiger partial charge in [0.2, 0.25) is 11.8 Å². The molecule has 0 radical (unpaired) electrons. The highest BCUT2D eigenvalue weighted by molar-refractivity contribution is 6.39. The molecule has 0 heterocycles. The molecule has 0 spiro atoms. The molecule has 5 nitrogen and oxygen atoms in total. The second kappa shape index (κ2) is 9.46. The molecule has 138 valence electrons. The van der Waals surface area contributed by atoms with E-state index in [0.29, 0.717) is 28.0 Å². The summed E-state index contributed by atoms with van der Waals surface area (Å²) in [6.45, 7) is 2.10. The van der Waals surface area contributed by atoms with E-state index >= 15 is 0 Å². The lowest BCUT2D eigenvalue weighted by atomic mass is 10.2. The minimum absolute atomic E-state index is 0.121. The first-order valence-electron chi connectivity index (χ1n) is 8.03. The van der Waals surface area contributed by atoms with Crippen molar-refractivity contribution in [3.8, 4) is 5.75 Å². The van der Waals surface area contributed by atoms with Crippen molar-refractivity contribution in [3.63, 3.8) is 0 Å². The monoisotopic (exact) mass is 394 g/mol. The van der Waals surface area contributed by atoms with Crippen molar-refractivity contribution in [2.75, 3.05) is 19.0 Å². The van der Waals surface area contributed by atoms with Crippen molar-refractivity contribution in [1.29, 1.82) is 0 Å². The second-order valence-corrected chi connectivity index (χ2v) is 6.46. The molecule has 26 heavy (non-hydrogen) atoms. The summed E-state index contributed by atoms with van der Waals surface area (Å²) in [5.74, 6) is 0.303. The van der Waals surface area contributed by atoms with E-state index in [1.807, 2.05) is 24.3 Å². The minimum Gasteiger partial charge on any atom is -0.496 e. The summed E-state index contributed by atoms with van der Waals surface area (Å²) in [4.78, 5) is 25.8. The number of para-hydroxylation sites is 2. The minimum atomic E-state index is -0.272. The van der Waals surface area contributed by atoms with Gasteiger partial charge in [-0.15, -0.1) is 0 Å². The van der Waals surface area contributed by atoms with E-state index in [4.69, 9.17) is 27.9 Å². The van der Waals surface area contributed by atoms with Gasteiger partial charge in [0.25, 0.3) is 0 Å². The smallest absolute Gasteiger partial charge is 0.226 e. The number of benzene rings is 2. The number of methoxy groups -OCH3 is 1. The van der Waals surface area contributed by atoms with E-state index < -0.39 is 0 Å². The van der Waals surface area contributed by atoms with E-state index in [0.717, 1.165) is 5.56 Å². The number of ether oxygens (including phenoxy) is 1. The predicted octanol–water partition coefficient (Wildman–Crippen LogP) is 4.38. The first-order valence-corrected chi connectivity index (χ1v) is 8.79. The summed E-state index contributed by atoms with van der Waals surface area (Å²) in [7, 11) is 1.58. The van der Waals surface area contributed by atoms with Gasteiger partial charge in [-0.25, -0.2) is 0 Å². The Balaban J connectivity index is 2.00. The van der Waals surface area contributed by atoms with Gasteiger partial charge in [0.15, 0.2) is 0 Å². The van der Waals surface area contributed by atoms with E-state index in [2.05, 4.69) is 5.32 Å². The molecule has 0 saturated heterocycles. The molecule has 2 aromatic rings. The first-order chi connectivity index (χ1) is 12.4. The average molecular weight is 395 g/mol. The molecule has 0 aromatic heterocycles. The Morgan fingerprint density at radius 3 is 2.35 bits per heavy atom. The van der Waals surface area contributed by atoms with Gasteiger partial charge in [-0.1, -0.05) is 47.5 Å². The molecule has 2 aromatic carbocycles. The summed E-state index contributed by atoms with van der Waals surface area (Å²) in [5, 5.41) is 3.42. The van der Waals surface area contributed by atoms with E-state index in [1.54, 1.807) is 30.2 Å². The van der Waals surface area contributed by atoms with Gasteiger partial charge in [-0.2, -0.15) is 0 Å². The lowest BCUT2D eigenvalue weighted by Gasteiger charge is -2.22. The van der Waals surface area contributed by atoms with E-state index in [-0.39, 0.29) is 24.8 Å². The zero-order valence-electron chi connectivity index (χ0n) is 14.6. The molecule has 0 unspecified atom stereocenters. The highest BCUT2D eigenvalue weighted by Crippen LogP contribution is 2.29. The number of hydrogen-bond donors (Lipinski definition) is 1. The number of hydrogen-bond acceptors (Lipinski definition) is 3. The van der Waals surface area contributed by atoms with Crippen LogP contribution in [0.2, 0.25) is 10.0 Å². The zero-order valence-corrected chi connectivity index (χ0v) is 16.1. The Labute approximate surface area is 162 Å². The fourth-order valence-electron chi connectivity index (χ4n) is 2.44. The van der Waals surface area contributed by atoms with Crippen LogP contribution in [0, 0.1) is 0 Å². The fourth-order valence-corrected chi connectivity index (χ4v) is 2.93. The van der Waals surface area contributed by atoms with Crippen LogP contribution in [0.5, 0.6) is 5.75 Å². The van der Waals surface area contributed by atoms with Crippen LogP contribution in [0.25, 0.3) is 0 Å². The number of amides is 2. The normalized spacial score (nSPS) is 10.3. The number of rotatable bonds is 7. The van der Waals surface area contributed by atoms with Crippen molar-refractivity contribution < 1.29 is 14.3 Å². The molecular weight excluding hydrogens is 375 g/mol. The van der Waals surface area contributed by atoms with Crippen LogP contribution in [-0.2, 0) is 16.1 Å². The number of halogens is 2. The Hall–Kier alpha value is -2.24. The topological polar surface area (TPSA) is 58.6 Å². The van der Waals surface area contributed by atoms with Gasteiger partial charge in [0.1, 0.15) is 5.75 Å². The number of carbonyl (C=O) groups is 2. The molecule has 0 aliphatic rings. The van der Waals surface area contributed by atoms with Crippen molar-refractivity contribution in [3.05, 3.63) is 58.1 Å². The molecular formula is C19H20Cl2N2O3. The summed E-state index contributed by atoms with van der Waals surface area (Å²) in [6.07, 6.45) is 0.121. The molecule has 0 saturated carbocycles. The molecule has 1 N–H and O–H groups in total. The van der Waals surface area contributed by atoms with Crippen molar-refractivity contribution in [1.82, 2.24) is 4.90 Å². The largest absolute Gasteiger partial charge is 0.496 e. The number of carbonyl (C=O) groups excluding carboxylic acids is 2. The van der Waals surface area contributed by atoms with Crippen LogP contribution >= 0.6 is 23.2 Å². The quantitative estimate of drug-likeness (QED) is 0.757. The molecule has 7 heteroatoms. The lowest BCUT2D eigenvalue weighted by Crippen LogP contribution is -2.31. The van der Waals surface area contributed by atoms with Gasteiger partial charge < -0.3 is 15.0 Å². The molecule has 0 fully saturated rings. The van der Waals surface area contributed by atoms with Gasteiger partial charge >= 0.3 is 0 Å². The zero-order chi connectivity index (χ0) is 19.1. The maximum Gasteiger partial charge on any atom is 0.226 e. The molecule has 0 bridgehead atoms. The Morgan fingerprint density at radius 2 is 1.73 bits per heavy atom. The maximum absolute atomic E-state index is 12.2. The van der Waals surface area contributed by atoms with Crippen LogP contribution in [0.15, 0.2) is 42.5 Å². The second-order valence-electron chi connectivity index (χ2n) is 5.65. The van der Waals surface area contributed by atoms with Gasteiger partial charge in [-0.05, 0) is 18.2 Å². The highest BCUT2D eigenvalue weighted by Gasteiger charge is 2.15. The number of nitrogens with one attached hydrogen (secondary N) is 1. The highest BCUT2D eigenvalue weighted by atomic mass is 35.5. The van der Waals surface area contributed by atoms with Crippen LogP contribution < -0.4 is 10.1 Å². The van der Waals surface area contributed by atoms with Crippen molar-refractivity contribution >= 4 is 40.7 Å². The third kappa shape index (κ3) is 5.38. The van der Waals surface area contributed by atoms with Gasteiger partial charge in [0.05, 0.1) is 22.8 Å². The Morgan fingerprint density at radius 1 is 1.08 bits per heavy atom. The van der Waals surface area contributed by atoms with Crippen molar-refractivity contribution in [2.24, 2.45) is 0 Å². The van der Waals surface area contributed by atoms with Crippen LogP contribution in [-0.4, -0.2) is 30.4 Å². The maximum atomic E-state index is 12.2. The molecule has 0 aliphatic heterocycles. The van der Waals surface area contributed by atoms with Crippen LogP contribution in [0.4, 0.5) is 5.69 Å². The molecule has 0 aliphatic carbocycles. The SMILES string of the molecule is COc1ccccc1CN(CCC(=O)Nc1c(Cl)cccc1Cl)C(C)=O. The number of nitrogens with zero attached hydrogens (tertiary/aromatic N) is 1. The fraction of sp³-hybridized carbons (Fsp3) is 0.263.